The molecular formula is C12H23NO3S. The molecule has 2 atom stereocenters. The summed E-state index contributed by atoms with van der Waals surface area (Å²) >= 11 is 0. The number of nitrogens with zero attached hydrogens (tertiary/aromatic N) is 1. The Morgan fingerprint density at radius 1 is 1.12 bits per heavy atom. The topological polar surface area (TPSA) is 57.6 Å². The number of hydrogen-bond donors (Lipinski definition) is 1. The van der Waals surface area contributed by atoms with E-state index in [1.807, 2.05) is 6.92 Å². The number of aliphatic hydroxyl groups excluding tert-OH is 1. The van der Waals surface area contributed by atoms with Gasteiger partial charge in [-0.05, 0) is 25.2 Å². The molecule has 1 N–H and O–H groups in total. The van der Waals surface area contributed by atoms with Gasteiger partial charge in [-0.25, -0.2) is 12.7 Å². The lowest BCUT2D eigenvalue weighted by molar-refractivity contribution is 0.0624. The molecule has 5 heteroatoms. The molecule has 0 aromatic rings. The Labute approximate surface area is 104 Å². The normalized spacial score (nSPS) is 33.8. The first-order valence-corrected chi connectivity index (χ1v) is 8.19. The molecule has 0 spiro atoms. The molecule has 2 rings (SSSR count). The molecule has 2 fully saturated rings. The lowest BCUT2D eigenvalue weighted by Crippen LogP contribution is -2.48. The van der Waals surface area contributed by atoms with E-state index >= 15 is 0 Å². The van der Waals surface area contributed by atoms with Crippen LogP contribution < -0.4 is 0 Å². The van der Waals surface area contributed by atoms with Crippen LogP contribution in [0.4, 0.5) is 0 Å². The predicted octanol–water partition coefficient (Wildman–Crippen LogP) is 1.35. The lowest BCUT2D eigenvalue weighted by Gasteiger charge is -2.36. The Bertz CT molecular complexity index is 349. The van der Waals surface area contributed by atoms with Gasteiger partial charge in [-0.1, -0.05) is 26.2 Å². The van der Waals surface area contributed by atoms with E-state index in [0.29, 0.717) is 19.5 Å². The molecular weight excluding hydrogens is 238 g/mol. The molecule has 2 unspecified atom stereocenters. The first-order chi connectivity index (χ1) is 8.01. The van der Waals surface area contributed by atoms with E-state index in [1.54, 1.807) is 4.31 Å². The lowest BCUT2D eigenvalue weighted by atomic mass is 9.99. The average molecular weight is 261 g/mol. The van der Waals surface area contributed by atoms with E-state index < -0.39 is 10.0 Å². The Balaban J connectivity index is 2.04. The van der Waals surface area contributed by atoms with Crippen molar-refractivity contribution in [3.63, 3.8) is 0 Å². The maximum Gasteiger partial charge on any atom is 0.216 e. The van der Waals surface area contributed by atoms with E-state index in [-0.39, 0.29) is 17.3 Å². The van der Waals surface area contributed by atoms with Crippen molar-refractivity contribution in [2.24, 2.45) is 5.92 Å². The molecule has 17 heavy (non-hydrogen) atoms. The van der Waals surface area contributed by atoms with Crippen molar-refractivity contribution < 1.29 is 13.5 Å². The SMILES string of the molecule is CC1CN(S(=O)(=O)C2CCCCC2)CCC1O. The first kappa shape index (κ1) is 13.3. The van der Waals surface area contributed by atoms with Gasteiger partial charge in [-0.15, -0.1) is 0 Å². The van der Waals surface area contributed by atoms with Crippen LogP contribution >= 0.6 is 0 Å². The zero-order valence-corrected chi connectivity index (χ0v) is 11.3. The van der Waals surface area contributed by atoms with Crippen LogP contribution in [0, 0.1) is 5.92 Å². The van der Waals surface area contributed by atoms with Crippen LogP contribution in [0.25, 0.3) is 0 Å². The third kappa shape index (κ3) is 2.83. The highest BCUT2D eigenvalue weighted by Crippen LogP contribution is 2.28. The molecule has 0 aromatic carbocycles. The molecule has 0 amide bonds. The van der Waals surface area contributed by atoms with E-state index in [2.05, 4.69) is 0 Å². The zero-order valence-electron chi connectivity index (χ0n) is 10.5. The molecule has 0 aromatic heterocycles. The van der Waals surface area contributed by atoms with Crippen LogP contribution in [-0.4, -0.2) is 42.3 Å². The largest absolute Gasteiger partial charge is 0.393 e. The third-order valence-electron chi connectivity index (χ3n) is 4.16. The van der Waals surface area contributed by atoms with E-state index in [9.17, 15) is 13.5 Å². The Kier molecular flexibility index (Phi) is 4.10. The molecule has 4 nitrogen and oxygen atoms in total. The number of rotatable bonds is 2. The molecule has 1 aliphatic heterocycles. The number of piperidine rings is 1. The molecule has 0 radical (unpaired) electrons. The van der Waals surface area contributed by atoms with Crippen molar-refractivity contribution in [2.45, 2.75) is 56.8 Å². The van der Waals surface area contributed by atoms with E-state index in [1.165, 1.54) is 6.42 Å². The fourth-order valence-corrected chi connectivity index (χ4v) is 5.05. The summed E-state index contributed by atoms with van der Waals surface area (Å²) < 4.78 is 26.5. The summed E-state index contributed by atoms with van der Waals surface area (Å²) in [6.07, 6.45) is 5.11. The Morgan fingerprint density at radius 2 is 1.76 bits per heavy atom. The van der Waals surface area contributed by atoms with Crippen molar-refractivity contribution in [1.82, 2.24) is 4.31 Å². The van der Waals surface area contributed by atoms with Gasteiger partial charge in [0.25, 0.3) is 0 Å². The maximum absolute atomic E-state index is 12.4. The van der Waals surface area contributed by atoms with Crippen molar-refractivity contribution in [1.29, 1.82) is 0 Å². The minimum absolute atomic E-state index is 0.0575. The highest BCUT2D eigenvalue weighted by atomic mass is 32.2. The molecule has 1 saturated heterocycles. The number of sulfonamides is 1. The second-order valence-corrected chi connectivity index (χ2v) is 7.71. The molecule has 0 bridgehead atoms. The van der Waals surface area contributed by atoms with Gasteiger partial charge in [0, 0.05) is 13.1 Å². The van der Waals surface area contributed by atoms with Crippen molar-refractivity contribution in [3.8, 4) is 0 Å². The van der Waals surface area contributed by atoms with Crippen molar-refractivity contribution in [3.05, 3.63) is 0 Å². The summed E-state index contributed by atoms with van der Waals surface area (Å²) in [5, 5.41) is 9.48. The van der Waals surface area contributed by atoms with Crippen LogP contribution in [0.5, 0.6) is 0 Å². The van der Waals surface area contributed by atoms with Crippen LogP contribution in [0.1, 0.15) is 45.4 Å². The van der Waals surface area contributed by atoms with Crippen molar-refractivity contribution in [2.75, 3.05) is 13.1 Å². The number of hydrogen-bond acceptors (Lipinski definition) is 3. The van der Waals surface area contributed by atoms with Crippen LogP contribution in [-0.2, 0) is 10.0 Å². The summed E-state index contributed by atoms with van der Waals surface area (Å²) in [5.74, 6) is 0.0575. The zero-order chi connectivity index (χ0) is 12.5. The van der Waals surface area contributed by atoms with Gasteiger partial charge in [0.15, 0.2) is 0 Å². The van der Waals surface area contributed by atoms with Gasteiger partial charge in [0.05, 0.1) is 11.4 Å². The molecule has 100 valence electrons. The van der Waals surface area contributed by atoms with Gasteiger partial charge < -0.3 is 5.11 Å². The van der Waals surface area contributed by atoms with Gasteiger partial charge in [0.2, 0.25) is 10.0 Å². The highest BCUT2D eigenvalue weighted by molar-refractivity contribution is 7.89. The van der Waals surface area contributed by atoms with E-state index in [4.69, 9.17) is 0 Å². The monoisotopic (exact) mass is 261 g/mol. The standard InChI is InChI=1S/C12H23NO3S/c1-10-9-13(8-7-12(10)14)17(15,16)11-5-3-2-4-6-11/h10-12,14H,2-9H2,1H3. The summed E-state index contributed by atoms with van der Waals surface area (Å²) in [5.41, 5.74) is 0. The minimum Gasteiger partial charge on any atom is -0.393 e. The van der Waals surface area contributed by atoms with Crippen LogP contribution in [0.3, 0.4) is 0 Å². The average Bonchev–Trinajstić information content (AvgIpc) is 2.33. The second-order valence-electron chi connectivity index (χ2n) is 5.50. The third-order valence-corrected chi connectivity index (χ3v) is 6.52. The van der Waals surface area contributed by atoms with Crippen LogP contribution in [0.2, 0.25) is 0 Å². The molecule has 1 heterocycles. The van der Waals surface area contributed by atoms with Gasteiger partial charge in [-0.3, -0.25) is 0 Å². The van der Waals surface area contributed by atoms with Gasteiger partial charge in [-0.2, -0.15) is 0 Å². The van der Waals surface area contributed by atoms with E-state index in [0.717, 1.165) is 25.7 Å². The second kappa shape index (κ2) is 5.24. The number of aliphatic hydroxyl groups is 1. The fourth-order valence-electron chi connectivity index (χ4n) is 2.90. The van der Waals surface area contributed by atoms with Crippen molar-refractivity contribution >= 4 is 10.0 Å². The smallest absolute Gasteiger partial charge is 0.216 e. The van der Waals surface area contributed by atoms with Crippen LogP contribution in [0.15, 0.2) is 0 Å². The van der Waals surface area contributed by atoms with Gasteiger partial charge >= 0.3 is 0 Å². The maximum atomic E-state index is 12.4. The molecule has 1 aliphatic carbocycles. The summed E-state index contributed by atoms with van der Waals surface area (Å²) in [6, 6.07) is 0. The summed E-state index contributed by atoms with van der Waals surface area (Å²) in [7, 11) is -3.12. The highest BCUT2D eigenvalue weighted by Gasteiger charge is 2.36. The summed E-state index contributed by atoms with van der Waals surface area (Å²) in [6.45, 7) is 2.90. The fraction of sp³-hybridized carbons (Fsp3) is 1.00. The Hall–Kier alpha value is -0.130. The molecule has 2 aliphatic rings. The quantitative estimate of drug-likeness (QED) is 0.816. The first-order valence-electron chi connectivity index (χ1n) is 6.69. The predicted molar refractivity (Wildman–Crippen MR) is 67.2 cm³/mol. The van der Waals surface area contributed by atoms with Gasteiger partial charge in [0.1, 0.15) is 0 Å². The Morgan fingerprint density at radius 3 is 2.35 bits per heavy atom. The molecule has 1 saturated carbocycles. The minimum atomic E-state index is -3.12. The summed E-state index contributed by atoms with van der Waals surface area (Å²) in [4.78, 5) is 0.